The molecule has 0 aliphatic carbocycles. The summed E-state index contributed by atoms with van der Waals surface area (Å²) in [6.45, 7) is -2.94. The van der Waals surface area contributed by atoms with Gasteiger partial charge in [0.1, 0.15) is 12.1 Å². The number of alkyl halides is 2. The van der Waals surface area contributed by atoms with E-state index in [1.54, 1.807) is 36.7 Å². The number of ether oxygens (including phenoxy) is 1. The third kappa shape index (κ3) is 5.85. The van der Waals surface area contributed by atoms with Crippen LogP contribution in [0, 0.1) is 0 Å². The van der Waals surface area contributed by atoms with E-state index in [2.05, 4.69) is 25.5 Å². The maximum atomic E-state index is 12.4. The SMILES string of the molecule is Cn1cnnc1SCc1ccc(C(=O)N/N=C/c2ccccc2OC(F)F)cc1. The Kier molecular flexibility index (Phi) is 6.90. The van der Waals surface area contributed by atoms with Gasteiger partial charge < -0.3 is 9.30 Å². The molecule has 0 aliphatic heterocycles. The fourth-order valence-electron chi connectivity index (χ4n) is 2.32. The average Bonchev–Trinajstić information content (AvgIpc) is 3.12. The maximum Gasteiger partial charge on any atom is 0.387 e. The highest BCUT2D eigenvalue weighted by molar-refractivity contribution is 7.98. The summed E-state index contributed by atoms with van der Waals surface area (Å²) in [4.78, 5) is 12.2. The molecule has 0 aliphatic rings. The summed E-state index contributed by atoms with van der Waals surface area (Å²) in [7, 11) is 1.87. The monoisotopic (exact) mass is 417 g/mol. The molecular weight excluding hydrogens is 400 g/mol. The first-order chi connectivity index (χ1) is 14.0. The van der Waals surface area contributed by atoms with Crippen LogP contribution in [0.5, 0.6) is 5.75 Å². The second kappa shape index (κ2) is 9.78. The van der Waals surface area contributed by atoms with E-state index in [4.69, 9.17) is 0 Å². The number of carbonyl (C=O) groups is 1. The number of hydrogen-bond acceptors (Lipinski definition) is 6. The lowest BCUT2D eigenvalue weighted by atomic mass is 10.1. The predicted octanol–water partition coefficient (Wildman–Crippen LogP) is 3.47. The quantitative estimate of drug-likeness (QED) is 0.345. The highest BCUT2D eigenvalue weighted by Gasteiger charge is 2.08. The summed E-state index contributed by atoms with van der Waals surface area (Å²) in [6.07, 6.45) is 2.88. The standard InChI is InChI=1S/C19H17F2N5O2S/c1-26-12-23-25-19(26)29-11-13-6-8-14(9-7-13)17(27)24-22-10-15-4-2-3-5-16(15)28-18(20)21/h2-10,12,18H,11H2,1H3,(H,24,27)/b22-10+. The first kappa shape index (κ1) is 20.5. The molecule has 0 spiro atoms. The van der Waals surface area contributed by atoms with Gasteiger partial charge in [-0.1, -0.05) is 36.0 Å². The summed E-state index contributed by atoms with van der Waals surface area (Å²) >= 11 is 1.54. The van der Waals surface area contributed by atoms with Crippen LogP contribution in [0.3, 0.4) is 0 Å². The second-order valence-corrected chi connectivity index (χ2v) is 6.77. The number of benzene rings is 2. The van der Waals surface area contributed by atoms with Crippen LogP contribution in [-0.4, -0.2) is 33.5 Å². The van der Waals surface area contributed by atoms with E-state index in [1.165, 1.54) is 24.0 Å². The molecule has 0 bridgehead atoms. The van der Waals surface area contributed by atoms with E-state index in [1.807, 2.05) is 23.7 Å². The van der Waals surface area contributed by atoms with Crippen molar-refractivity contribution in [3.63, 3.8) is 0 Å². The van der Waals surface area contributed by atoms with Crippen molar-refractivity contribution in [3.05, 3.63) is 71.5 Å². The van der Waals surface area contributed by atoms with Crippen molar-refractivity contribution in [1.29, 1.82) is 0 Å². The number of hydrazone groups is 1. The molecule has 0 saturated carbocycles. The topological polar surface area (TPSA) is 81.4 Å². The predicted molar refractivity (Wildman–Crippen MR) is 105 cm³/mol. The van der Waals surface area contributed by atoms with Gasteiger partial charge in [-0.3, -0.25) is 4.79 Å². The molecule has 7 nitrogen and oxygen atoms in total. The number of nitrogens with zero attached hydrogens (tertiary/aromatic N) is 4. The van der Waals surface area contributed by atoms with Crippen LogP contribution in [0.15, 0.2) is 65.1 Å². The normalized spacial score (nSPS) is 11.2. The van der Waals surface area contributed by atoms with Gasteiger partial charge in [0.2, 0.25) is 0 Å². The van der Waals surface area contributed by atoms with Crippen molar-refractivity contribution in [2.45, 2.75) is 17.5 Å². The van der Waals surface area contributed by atoms with E-state index < -0.39 is 12.5 Å². The number of nitrogens with one attached hydrogen (secondary N) is 1. The third-order valence-electron chi connectivity index (χ3n) is 3.76. The smallest absolute Gasteiger partial charge is 0.387 e. The number of hydrogen-bond donors (Lipinski definition) is 1. The van der Waals surface area contributed by atoms with Crippen molar-refractivity contribution < 1.29 is 18.3 Å². The molecule has 0 radical (unpaired) electrons. The minimum atomic E-state index is -2.94. The Morgan fingerprint density at radius 2 is 2.03 bits per heavy atom. The Balaban J connectivity index is 1.56. The van der Waals surface area contributed by atoms with Gasteiger partial charge >= 0.3 is 6.61 Å². The van der Waals surface area contributed by atoms with Gasteiger partial charge in [0, 0.05) is 23.9 Å². The maximum absolute atomic E-state index is 12.4. The summed E-state index contributed by atoms with van der Waals surface area (Å²) < 4.78 is 31.1. The van der Waals surface area contributed by atoms with Gasteiger partial charge in [0.15, 0.2) is 5.16 Å². The first-order valence-corrected chi connectivity index (χ1v) is 9.44. The molecule has 3 aromatic rings. The Hall–Kier alpha value is -3.27. The van der Waals surface area contributed by atoms with Crippen molar-refractivity contribution in [1.82, 2.24) is 20.2 Å². The van der Waals surface area contributed by atoms with Gasteiger partial charge in [-0.15, -0.1) is 10.2 Å². The van der Waals surface area contributed by atoms with E-state index >= 15 is 0 Å². The minimum Gasteiger partial charge on any atom is -0.434 e. The first-order valence-electron chi connectivity index (χ1n) is 8.46. The van der Waals surface area contributed by atoms with E-state index in [-0.39, 0.29) is 5.75 Å². The number of rotatable bonds is 8. The van der Waals surface area contributed by atoms with Crippen molar-refractivity contribution in [2.75, 3.05) is 0 Å². The van der Waals surface area contributed by atoms with Gasteiger partial charge in [-0.25, -0.2) is 5.43 Å². The lowest BCUT2D eigenvalue weighted by Gasteiger charge is -2.07. The van der Waals surface area contributed by atoms with Gasteiger partial charge in [0.25, 0.3) is 5.91 Å². The van der Waals surface area contributed by atoms with Gasteiger partial charge in [0.05, 0.1) is 6.21 Å². The van der Waals surface area contributed by atoms with E-state index in [0.29, 0.717) is 16.9 Å². The third-order valence-corrected chi connectivity index (χ3v) is 4.86. The van der Waals surface area contributed by atoms with Crippen LogP contribution in [-0.2, 0) is 12.8 Å². The molecule has 0 atom stereocenters. The average molecular weight is 417 g/mol. The summed E-state index contributed by atoms with van der Waals surface area (Å²) in [5.41, 5.74) is 4.14. The molecule has 29 heavy (non-hydrogen) atoms. The molecule has 1 N–H and O–H groups in total. The zero-order chi connectivity index (χ0) is 20.6. The zero-order valence-electron chi connectivity index (χ0n) is 15.3. The fraction of sp³-hybridized carbons (Fsp3) is 0.158. The molecule has 1 aromatic heterocycles. The fourth-order valence-corrected chi connectivity index (χ4v) is 3.16. The van der Waals surface area contributed by atoms with Crippen LogP contribution < -0.4 is 10.2 Å². The summed E-state index contributed by atoms with van der Waals surface area (Å²) in [5, 5.41) is 12.4. The van der Waals surface area contributed by atoms with Gasteiger partial charge in [-0.2, -0.15) is 13.9 Å². The number of aryl methyl sites for hydroxylation is 1. The lowest BCUT2D eigenvalue weighted by molar-refractivity contribution is -0.0499. The molecule has 3 rings (SSSR count). The minimum absolute atomic E-state index is 0.0229. The second-order valence-electron chi connectivity index (χ2n) is 5.83. The highest BCUT2D eigenvalue weighted by atomic mass is 32.2. The van der Waals surface area contributed by atoms with Crippen LogP contribution in [0.1, 0.15) is 21.5 Å². The molecular formula is C19H17F2N5O2S. The summed E-state index contributed by atoms with van der Waals surface area (Å²) in [6, 6.07) is 13.2. The molecule has 150 valence electrons. The van der Waals surface area contributed by atoms with Crippen LogP contribution in [0.2, 0.25) is 0 Å². The number of carbonyl (C=O) groups excluding carboxylic acids is 1. The zero-order valence-corrected chi connectivity index (χ0v) is 16.1. The molecule has 0 saturated heterocycles. The Morgan fingerprint density at radius 1 is 1.28 bits per heavy atom. The Labute approximate surface area is 169 Å². The molecule has 0 unspecified atom stereocenters. The van der Waals surface area contributed by atoms with E-state index in [0.717, 1.165) is 10.7 Å². The number of para-hydroxylation sites is 1. The number of halogens is 2. The van der Waals surface area contributed by atoms with Crippen LogP contribution in [0.25, 0.3) is 0 Å². The van der Waals surface area contributed by atoms with Crippen molar-refractivity contribution in [2.24, 2.45) is 12.1 Å². The molecule has 1 heterocycles. The molecule has 2 aromatic carbocycles. The van der Waals surface area contributed by atoms with Gasteiger partial charge in [-0.05, 0) is 29.8 Å². The molecule has 0 fully saturated rings. The van der Waals surface area contributed by atoms with Crippen LogP contribution >= 0.6 is 11.8 Å². The number of amides is 1. The van der Waals surface area contributed by atoms with Crippen LogP contribution in [0.4, 0.5) is 8.78 Å². The Bertz CT molecular complexity index is 992. The Morgan fingerprint density at radius 3 is 2.72 bits per heavy atom. The summed E-state index contributed by atoms with van der Waals surface area (Å²) in [5.74, 6) is 0.249. The van der Waals surface area contributed by atoms with Crippen molar-refractivity contribution in [3.8, 4) is 5.75 Å². The molecule has 1 amide bonds. The van der Waals surface area contributed by atoms with Crippen molar-refractivity contribution >= 4 is 23.9 Å². The lowest BCUT2D eigenvalue weighted by Crippen LogP contribution is -2.17. The number of thioether (sulfide) groups is 1. The number of aromatic nitrogens is 3. The highest BCUT2D eigenvalue weighted by Crippen LogP contribution is 2.20. The largest absolute Gasteiger partial charge is 0.434 e. The van der Waals surface area contributed by atoms with E-state index in [9.17, 15) is 13.6 Å². The molecule has 10 heteroatoms.